The van der Waals surface area contributed by atoms with Gasteiger partial charge in [-0.1, -0.05) is 18.2 Å². The summed E-state index contributed by atoms with van der Waals surface area (Å²) in [5.41, 5.74) is 1.78. The number of halogens is 1. The highest BCUT2D eigenvalue weighted by molar-refractivity contribution is 5.99. The Balaban J connectivity index is 0.00000180. The number of rotatable bonds is 4. The molecule has 1 aromatic carbocycles. The van der Waals surface area contributed by atoms with Crippen LogP contribution in [-0.2, 0) is 0 Å². The lowest BCUT2D eigenvalue weighted by atomic mass is 10.1. The van der Waals surface area contributed by atoms with Gasteiger partial charge < -0.3 is 10.3 Å². The van der Waals surface area contributed by atoms with Crippen molar-refractivity contribution in [3.05, 3.63) is 36.0 Å². The normalized spacial score (nSPS) is 11.3. The van der Waals surface area contributed by atoms with E-state index in [0.717, 1.165) is 10.9 Å². The number of aromatic amines is 1. The van der Waals surface area contributed by atoms with E-state index in [0.29, 0.717) is 18.7 Å². The zero-order chi connectivity index (χ0) is 13.2. The average Bonchev–Trinajstić information content (AvgIpc) is 2.70. The highest BCUT2D eigenvalue weighted by atomic mass is 35.5. The number of hydrogen-bond donors (Lipinski definition) is 2. The topological polar surface area (TPSA) is 44.9 Å². The lowest BCUT2D eigenvalue weighted by molar-refractivity contribution is 0.0976. The van der Waals surface area contributed by atoms with E-state index >= 15 is 0 Å². The molecule has 0 atom stereocenters. The van der Waals surface area contributed by atoms with Crippen LogP contribution in [0.2, 0.25) is 0 Å². The third kappa shape index (κ3) is 4.37. The van der Waals surface area contributed by atoms with Crippen molar-refractivity contribution >= 4 is 29.1 Å². The monoisotopic (exact) mass is 280 g/mol. The second-order valence-corrected chi connectivity index (χ2v) is 5.62. The Morgan fingerprint density at radius 1 is 1.26 bits per heavy atom. The van der Waals surface area contributed by atoms with Gasteiger partial charge in [0.05, 0.1) is 5.69 Å². The van der Waals surface area contributed by atoms with E-state index in [2.05, 4.69) is 31.1 Å². The van der Waals surface area contributed by atoms with Crippen molar-refractivity contribution < 1.29 is 4.79 Å². The fourth-order valence-electron chi connectivity index (χ4n) is 1.91. The van der Waals surface area contributed by atoms with Crippen LogP contribution >= 0.6 is 12.4 Å². The summed E-state index contributed by atoms with van der Waals surface area (Å²) in [6, 6.07) is 9.87. The third-order valence-corrected chi connectivity index (χ3v) is 2.84. The van der Waals surface area contributed by atoms with Gasteiger partial charge in [0.25, 0.3) is 0 Å². The molecule has 1 aromatic heterocycles. The Morgan fingerprint density at radius 3 is 2.58 bits per heavy atom. The first-order valence-corrected chi connectivity index (χ1v) is 6.32. The van der Waals surface area contributed by atoms with Gasteiger partial charge in [0.15, 0.2) is 5.78 Å². The predicted molar refractivity (Wildman–Crippen MR) is 82.2 cm³/mol. The van der Waals surface area contributed by atoms with Gasteiger partial charge in [-0.15, -0.1) is 12.4 Å². The van der Waals surface area contributed by atoms with Crippen LogP contribution in [0.1, 0.15) is 37.7 Å². The van der Waals surface area contributed by atoms with Gasteiger partial charge in [-0.05, 0) is 32.9 Å². The number of nitrogens with one attached hydrogen (secondary N) is 2. The highest BCUT2D eigenvalue weighted by Gasteiger charge is 2.12. The number of carbonyl (C=O) groups excluding carboxylic acids is 1. The van der Waals surface area contributed by atoms with E-state index in [1.165, 1.54) is 0 Å². The van der Waals surface area contributed by atoms with Gasteiger partial charge in [-0.2, -0.15) is 0 Å². The van der Waals surface area contributed by atoms with Crippen LogP contribution in [0.3, 0.4) is 0 Å². The molecule has 19 heavy (non-hydrogen) atoms. The molecular formula is C15H21ClN2O. The molecule has 4 heteroatoms. The maximum atomic E-state index is 12.0. The van der Waals surface area contributed by atoms with E-state index in [1.807, 2.05) is 30.3 Å². The Hall–Kier alpha value is -1.32. The summed E-state index contributed by atoms with van der Waals surface area (Å²) in [6.07, 6.45) is 0.518. The minimum absolute atomic E-state index is 0. The van der Waals surface area contributed by atoms with Crippen LogP contribution in [-0.4, -0.2) is 22.9 Å². The molecular weight excluding hydrogens is 260 g/mol. The average molecular weight is 281 g/mol. The smallest absolute Gasteiger partial charge is 0.180 e. The minimum Gasteiger partial charge on any atom is -0.352 e. The fourth-order valence-corrected chi connectivity index (χ4v) is 1.91. The molecule has 2 N–H and O–H groups in total. The number of benzene rings is 1. The molecule has 0 bridgehead atoms. The highest BCUT2D eigenvalue weighted by Crippen LogP contribution is 2.15. The largest absolute Gasteiger partial charge is 0.352 e. The molecule has 0 aliphatic carbocycles. The fraction of sp³-hybridized carbons (Fsp3) is 0.400. The van der Waals surface area contributed by atoms with E-state index in [4.69, 9.17) is 0 Å². The predicted octanol–water partition coefficient (Wildman–Crippen LogP) is 3.55. The number of aromatic nitrogens is 1. The molecule has 0 saturated heterocycles. The van der Waals surface area contributed by atoms with Gasteiger partial charge in [0, 0.05) is 29.4 Å². The summed E-state index contributed by atoms with van der Waals surface area (Å²) < 4.78 is 0. The summed E-state index contributed by atoms with van der Waals surface area (Å²) in [5.74, 6) is 0.156. The summed E-state index contributed by atoms with van der Waals surface area (Å²) >= 11 is 0. The van der Waals surface area contributed by atoms with Gasteiger partial charge in [-0.3, -0.25) is 4.79 Å². The number of ketones is 1. The molecule has 0 fully saturated rings. The van der Waals surface area contributed by atoms with Crippen LogP contribution in [0.15, 0.2) is 30.3 Å². The van der Waals surface area contributed by atoms with Crippen LogP contribution < -0.4 is 5.32 Å². The first kappa shape index (κ1) is 15.7. The molecule has 1 heterocycles. The minimum atomic E-state index is 0. The zero-order valence-electron chi connectivity index (χ0n) is 11.6. The van der Waals surface area contributed by atoms with Gasteiger partial charge >= 0.3 is 0 Å². The lowest BCUT2D eigenvalue weighted by Gasteiger charge is -2.19. The van der Waals surface area contributed by atoms with Crippen LogP contribution in [0, 0.1) is 0 Å². The van der Waals surface area contributed by atoms with E-state index in [1.54, 1.807) is 0 Å². The first-order valence-electron chi connectivity index (χ1n) is 6.32. The summed E-state index contributed by atoms with van der Waals surface area (Å²) in [6.45, 7) is 7.00. The Kier molecular flexibility index (Phi) is 5.15. The van der Waals surface area contributed by atoms with E-state index < -0.39 is 0 Å². The van der Waals surface area contributed by atoms with Crippen molar-refractivity contribution in [1.82, 2.24) is 10.3 Å². The maximum absolute atomic E-state index is 12.0. The second-order valence-electron chi connectivity index (χ2n) is 5.62. The third-order valence-electron chi connectivity index (χ3n) is 2.84. The molecule has 104 valence electrons. The summed E-state index contributed by atoms with van der Waals surface area (Å²) in [5, 5.41) is 4.41. The van der Waals surface area contributed by atoms with Crippen molar-refractivity contribution in [2.75, 3.05) is 6.54 Å². The molecule has 0 amide bonds. The van der Waals surface area contributed by atoms with Crippen molar-refractivity contribution in [2.45, 2.75) is 32.7 Å². The van der Waals surface area contributed by atoms with Crippen molar-refractivity contribution in [3.63, 3.8) is 0 Å². The quantitative estimate of drug-likeness (QED) is 0.841. The molecule has 0 aliphatic rings. The van der Waals surface area contributed by atoms with Gasteiger partial charge in [0.1, 0.15) is 0 Å². The van der Waals surface area contributed by atoms with E-state index in [9.17, 15) is 4.79 Å². The van der Waals surface area contributed by atoms with Crippen molar-refractivity contribution in [1.29, 1.82) is 0 Å². The second kappa shape index (κ2) is 6.22. The van der Waals surface area contributed by atoms with Crippen molar-refractivity contribution in [2.24, 2.45) is 0 Å². The lowest BCUT2D eigenvalue weighted by Crippen LogP contribution is -2.37. The van der Waals surface area contributed by atoms with E-state index in [-0.39, 0.29) is 23.7 Å². The number of carbonyl (C=O) groups is 1. The van der Waals surface area contributed by atoms with Crippen LogP contribution in [0.25, 0.3) is 10.9 Å². The first-order chi connectivity index (χ1) is 8.46. The van der Waals surface area contributed by atoms with Crippen molar-refractivity contribution in [3.8, 4) is 0 Å². The Morgan fingerprint density at radius 2 is 1.95 bits per heavy atom. The molecule has 0 spiro atoms. The zero-order valence-corrected chi connectivity index (χ0v) is 12.4. The summed E-state index contributed by atoms with van der Waals surface area (Å²) in [4.78, 5) is 15.2. The summed E-state index contributed by atoms with van der Waals surface area (Å²) in [7, 11) is 0. The Labute approximate surface area is 120 Å². The van der Waals surface area contributed by atoms with Crippen LogP contribution in [0.5, 0.6) is 0 Å². The standard InChI is InChI=1S/C15H20N2O.ClH/c1-15(2,3)16-9-8-14(18)13-10-11-6-4-5-7-12(11)17-13;/h4-7,10,16-17H,8-9H2,1-3H3;1H. The molecule has 2 rings (SSSR count). The molecule has 3 nitrogen and oxygen atoms in total. The number of fused-ring (bicyclic) bond motifs is 1. The molecule has 2 aromatic rings. The maximum Gasteiger partial charge on any atom is 0.180 e. The Bertz CT molecular complexity index is 522. The number of para-hydroxylation sites is 1. The molecule has 0 aliphatic heterocycles. The molecule has 0 radical (unpaired) electrons. The SMILES string of the molecule is CC(C)(C)NCCC(=O)c1cc2ccccc2[nH]1.Cl. The number of H-pyrrole nitrogens is 1. The molecule has 0 saturated carbocycles. The van der Waals surface area contributed by atoms with Crippen LogP contribution in [0.4, 0.5) is 0 Å². The molecule has 0 unspecified atom stereocenters. The van der Waals surface area contributed by atoms with Gasteiger partial charge in [-0.25, -0.2) is 0 Å². The number of Topliss-reactive ketones (excluding diaryl/α,β-unsaturated/α-hetero) is 1. The van der Waals surface area contributed by atoms with Gasteiger partial charge in [0.2, 0.25) is 0 Å². The number of hydrogen-bond acceptors (Lipinski definition) is 2.